The van der Waals surface area contributed by atoms with Crippen LogP contribution in [0.15, 0.2) is 0 Å². The molecular formula is C17H39N3O4. The van der Waals surface area contributed by atoms with E-state index in [1.165, 1.54) is 0 Å². The molecule has 24 heavy (non-hydrogen) atoms. The van der Waals surface area contributed by atoms with E-state index in [1.54, 1.807) is 27.7 Å². The van der Waals surface area contributed by atoms with Gasteiger partial charge in [0.15, 0.2) is 0 Å². The standard InChI is InChI=1S/C17H39N3O4/c1-14(21)10-19(11-15(2)22)8-6-18(5)7-9-20(12-16(3)23)13-17(4)24/h14-17,21-24H,6-13H2,1-5H3. The Morgan fingerprint density at radius 2 is 0.792 bits per heavy atom. The number of hydrogen-bond acceptors (Lipinski definition) is 7. The summed E-state index contributed by atoms with van der Waals surface area (Å²) in [6, 6.07) is 0. The molecule has 0 saturated carbocycles. The Kier molecular flexibility index (Phi) is 12.8. The summed E-state index contributed by atoms with van der Waals surface area (Å²) in [5, 5.41) is 38.2. The summed E-state index contributed by atoms with van der Waals surface area (Å²) >= 11 is 0. The van der Waals surface area contributed by atoms with Crippen LogP contribution >= 0.6 is 0 Å². The SMILES string of the molecule is CC(O)CN(CCN(C)CCN(CC(C)O)CC(C)O)CC(C)O. The summed E-state index contributed by atoms with van der Waals surface area (Å²) in [7, 11) is 2.03. The van der Waals surface area contributed by atoms with E-state index in [1.807, 2.05) is 7.05 Å². The minimum atomic E-state index is -0.415. The summed E-state index contributed by atoms with van der Waals surface area (Å²) in [4.78, 5) is 6.32. The van der Waals surface area contributed by atoms with Crippen LogP contribution in [0.25, 0.3) is 0 Å². The number of likely N-dealkylation sites (N-methyl/N-ethyl adjacent to an activating group) is 1. The van der Waals surface area contributed by atoms with Gasteiger partial charge in [0.05, 0.1) is 24.4 Å². The van der Waals surface area contributed by atoms with E-state index < -0.39 is 24.4 Å². The van der Waals surface area contributed by atoms with Crippen LogP contribution in [0.2, 0.25) is 0 Å². The molecule has 0 aliphatic heterocycles. The van der Waals surface area contributed by atoms with Crippen molar-refractivity contribution in [3.8, 4) is 0 Å². The molecule has 0 spiro atoms. The first-order valence-electron chi connectivity index (χ1n) is 8.95. The Labute approximate surface area is 147 Å². The molecule has 7 heteroatoms. The van der Waals surface area contributed by atoms with Crippen molar-refractivity contribution in [3.63, 3.8) is 0 Å². The third kappa shape index (κ3) is 14.1. The van der Waals surface area contributed by atoms with Gasteiger partial charge in [0.2, 0.25) is 0 Å². The van der Waals surface area contributed by atoms with Crippen molar-refractivity contribution in [1.82, 2.24) is 14.7 Å². The van der Waals surface area contributed by atoms with Crippen LogP contribution < -0.4 is 0 Å². The number of aliphatic hydroxyl groups excluding tert-OH is 4. The van der Waals surface area contributed by atoms with Gasteiger partial charge in [-0.2, -0.15) is 0 Å². The third-order valence-electron chi connectivity index (χ3n) is 3.69. The van der Waals surface area contributed by atoms with Gasteiger partial charge in [-0.1, -0.05) is 0 Å². The fraction of sp³-hybridized carbons (Fsp3) is 1.00. The molecule has 0 aromatic rings. The summed E-state index contributed by atoms with van der Waals surface area (Å²) in [6.07, 6.45) is -1.66. The van der Waals surface area contributed by atoms with Gasteiger partial charge in [0, 0.05) is 52.4 Å². The highest BCUT2D eigenvalue weighted by molar-refractivity contribution is 4.69. The lowest BCUT2D eigenvalue weighted by Crippen LogP contribution is -2.43. The molecule has 0 amide bonds. The predicted molar refractivity (Wildman–Crippen MR) is 97.1 cm³/mol. The van der Waals surface area contributed by atoms with Gasteiger partial charge in [-0.25, -0.2) is 0 Å². The monoisotopic (exact) mass is 349 g/mol. The van der Waals surface area contributed by atoms with Crippen molar-refractivity contribution in [3.05, 3.63) is 0 Å². The second kappa shape index (κ2) is 13.0. The first kappa shape index (κ1) is 23.7. The van der Waals surface area contributed by atoms with E-state index in [2.05, 4.69) is 14.7 Å². The molecular weight excluding hydrogens is 310 g/mol. The fourth-order valence-electron chi connectivity index (χ4n) is 2.74. The fourth-order valence-corrected chi connectivity index (χ4v) is 2.74. The van der Waals surface area contributed by atoms with Crippen LogP contribution in [0.1, 0.15) is 27.7 Å². The van der Waals surface area contributed by atoms with Gasteiger partial charge in [0.25, 0.3) is 0 Å². The average molecular weight is 350 g/mol. The Bertz CT molecular complexity index is 254. The molecule has 4 N–H and O–H groups in total. The maximum atomic E-state index is 9.55. The van der Waals surface area contributed by atoms with Crippen molar-refractivity contribution in [2.45, 2.75) is 52.1 Å². The van der Waals surface area contributed by atoms with E-state index in [4.69, 9.17) is 0 Å². The summed E-state index contributed by atoms with van der Waals surface area (Å²) in [6.45, 7) is 12.4. The first-order chi connectivity index (χ1) is 11.1. The van der Waals surface area contributed by atoms with Crippen molar-refractivity contribution in [1.29, 1.82) is 0 Å². The van der Waals surface area contributed by atoms with E-state index in [-0.39, 0.29) is 0 Å². The Hall–Kier alpha value is -0.280. The molecule has 0 aromatic carbocycles. The molecule has 0 fully saturated rings. The molecule has 0 rings (SSSR count). The van der Waals surface area contributed by atoms with E-state index in [0.717, 1.165) is 26.2 Å². The molecule has 4 atom stereocenters. The lowest BCUT2D eigenvalue weighted by molar-refractivity contribution is 0.0694. The van der Waals surface area contributed by atoms with Gasteiger partial charge in [0.1, 0.15) is 0 Å². The van der Waals surface area contributed by atoms with Crippen LogP contribution in [0.5, 0.6) is 0 Å². The predicted octanol–water partition coefficient (Wildman–Crippen LogP) is -0.955. The quantitative estimate of drug-likeness (QED) is 0.321. The lowest BCUT2D eigenvalue weighted by Gasteiger charge is -2.30. The van der Waals surface area contributed by atoms with Crippen molar-refractivity contribution >= 4 is 0 Å². The number of hydrogen-bond donors (Lipinski definition) is 4. The second-order valence-electron chi connectivity index (χ2n) is 7.22. The molecule has 0 bridgehead atoms. The van der Waals surface area contributed by atoms with Gasteiger partial charge in [-0.15, -0.1) is 0 Å². The second-order valence-corrected chi connectivity index (χ2v) is 7.22. The maximum Gasteiger partial charge on any atom is 0.0639 e. The smallest absolute Gasteiger partial charge is 0.0639 e. The van der Waals surface area contributed by atoms with Crippen LogP contribution in [0.3, 0.4) is 0 Å². The molecule has 0 aliphatic carbocycles. The minimum Gasteiger partial charge on any atom is -0.392 e. The Balaban J connectivity index is 4.25. The zero-order valence-corrected chi connectivity index (χ0v) is 16.1. The van der Waals surface area contributed by atoms with E-state index in [0.29, 0.717) is 26.2 Å². The highest BCUT2D eigenvalue weighted by Gasteiger charge is 2.14. The number of nitrogens with zero attached hydrogens (tertiary/aromatic N) is 3. The summed E-state index contributed by atoms with van der Waals surface area (Å²) in [5.74, 6) is 0. The van der Waals surface area contributed by atoms with Crippen LogP contribution in [-0.2, 0) is 0 Å². The largest absolute Gasteiger partial charge is 0.392 e. The molecule has 7 nitrogen and oxygen atoms in total. The maximum absolute atomic E-state index is 9.55. The van der Waals surface area contributed by atoms with Gasteiger partial charge in [-0.3, -0.25) is 9.80 Å². The number of aliphatic hydroxyl groups is 4. The average Bonchev–Trinajstić information content (AvgIpc) is 2.39. The Morgan fingerprint density at radius 1 is 0.542 bits per heavy atom. The van der Waals surface area contributed by atoms with Crippen LogP contribution in [-0.4, -0.2) is 119 Å². The summed E-state index contributed by atoms with van der Waals surface area (Å²) in [5.41, 5.74) is 0. The molecule has 0 radical (unpaired) electrons. The topological polar surface area (TPSA) is 90.6 Å². The number of rotatable bonds is 14. The van der Waals surface area contributed by atoms with Gasteiger partial charge >= 0.3 is 0 Å². The third-order valence-corrected chi connectivity index (χ3v) is 3.69. The van der Waals surface area contributed by atoms with Crippen molar-refractivity contribution in [2.24, 2.45) is 0 Å². The normalized spacial score (nSPS) is 17.5. The zero-order valence-electron chi connectivity index (χ0n) is 16.1. The molecule has 4 unspecified atom stereocenters. The summed E-state index contributed by atoms with van der Waals surface area (Å²) < 4.78 is 0. The Morgan fingerprint density at radius 3 is 1.00 bits per heavy atom. The van der Waals surface area contributed by atoms with Crippen molar-refractivity contribution < 1.29 is 20.4 Å². The lowest BCUT2D eigenvalue weighted by atomic mass is 10.3. The molecule has 0 heterocycles. The van der Waals surface area contributed by atoms with Crippen molar-refractivity contribution in [2.75, 3.05) is 59.4 Å². The first-order valence-corrected chi connectivity index (χ1v) is 8.95. The van der Waals surface area contributed by atoms with Crippen LogP contribution in [0.4, 0.5) is 0 Å². The van der Waals surface area contributed by atoms with Gasteiger partial charge < -0.3 is 25.3 Å². The molecule has 0 aromatic heterocycles. The minimum absolute atomic E-state index is 0.415. The van der Waals surface area contributed by atoms with Gasteiger partial charge in [-0.05, 0) is 34.7 Å². The zero-order chi connectivity index (χ0) is 18.7. The molecule has 0 aliphatic rings. The molecule has 0 saturated heterocycles. The van der Waals surface area contributed by atoms with Crippen LogP contribution in [0, 0.1) is 0 Å². The van der Waals surface area contributed by atoms with E-state index in [9.17, 15) is 20.4 Å². The highest BCUT2D eigenvalue weighted by Crippen LogP contribution is 1.99. The highest BCUT2D eigenvalue weighted by atomic mass is 16.3. The molecule has 146 valence electrons. The van der Waals surface area contributed by atoms with E-state index >= 15 is 0 Å².